The minimum Gasteiger partial charge on any atom is -0.478 e. The van der Waals surface area contributed by atoms with Gasteiger partial charge >= 0.3 is 5.97 Å². The SMILES string of the molecule is C=Cc1cc(Nc2ncc(C(=O)Nc3c(C)cccc3Cl)s2)cc(C(=O)O)c1. The van der Waals surface area contributed by atoms with Gasteiger partial charge in [0.2, 0.25) is 0 Å². The van der Waals surface area contributed by atoms with Gasteiger partial charge in [0.25, 0.3) is 5.91 Å². The maximum absolute atomic E-state index is 12.5. The van der Waals surface area contributed by atoms with Crippen LogP contribution in [0.2, 0.25) is 5.02 Å². The summed E-state index contributed by atoms with van der Waals surface area (Å²) in [6.45, 7) is 5.52. The first-order chi connectivity index (χ1) is 13.4. The van der Waals surface area contributed by atoms with Crippen molar-refractivity contribution in [1.29, 1.82) is 0 Å². The number of hydrogen-bond acceptors (Lipinski definition) is 5. The van der Waals surface area contributed by atoms with Crippen LogP contribution in [0.25, 0.3) is 6.08 Å². The molecule has 8 heteroatoms. The van der Waals surface area contributed by atoms with Crippen molar-refractivity contribution in [2.75, 3.05) is 10.6 Å². The number of carboxylic acids is 1. The number of amides is 1. The van der Waals surface area contributed by atoms with Crippen LogP contribution in [-0.4, -0.2) is 22.0 Å². The Balaban J connectivity index is 1.79. The van der Waals surface area contributed by atoms with E-state index in [2.05, 4.69) is 22.2 Å². The molecule has 3 rings (SSSR count). The fraction of sp³-hybridized carbons (Fsp3) is 0.0500. The highest BCUT2D eigenvalue weighted by atomic mass is 35.5. The van der Waals surface area contributed by atoms with Gasteiger partial charge in [-0.15, -0.1) is 0 Å². The van der Waals surface area contributed by atoms with Gasteiger partial charge in [0.1, 0.15) is 4.88 Å². The summed E-state index contributed by atoms with van der Waals surface area (Å²) in [5, 5.41) is 16.0. The fourth-order valence-corrected chi connectivity index (χ4v) is 3.49. The number of aromatic carboxylic acids is 1. The lowest BCUT2D eigenvalue weighted by Gasteiger charge is -2.09. The second kappa shape index (κ2) is 8.24. The Morgan fingerprint density at radius 3 is 2.75 bits per heavy atom. The van der Waals surface area contributed by atoms with Crippen LogP contribution in [0, 0.1) is 6.92 Å². The molecule has 1 aromatic heterocycles. The number of aromatic nitrogens is 1. The van der Waals surface area contributed by atoms with Crippen LogP contribution in [0.1, 0.15) is 31.2 Å². The van der Waals surface area contributed by atoms with Crippen molar-refractivity contribution in [3.8, 4) is 0 Å². The third kappa shape index (κ3) is 4.39. The number of para-hydroxylation sites is 1. The topological polar surface area (TPSA) is 91.3 Å². The number of aryl methyl sites for hydroxylation is 1. The summed E-state index contributed by atoms with van der Waals surface area (Å²) in [4.78, 5) is 28.3. The molecule has 6 nitrogen and oxygen atoms in total. The molecule has 2 aromatic carbocycles. The molecule has 0 fully saturated rings. The van der Waals surface area contributed by atoms with E-state index in [0.717, 1.165) is 16.9 Å². The molecule has 28 heavy (non-hydrogen) atoms. The Morgan fingerprint density at radius 2 is 2.07 bits per heavy atom. The van der Waals surface area contributed by atoms with Crippen molar-refractivity contribution in [3.63, 3.8) is 0 Å². The summed E-state index contributed by atoms with van der Waals surface area (Å²) in [6.07, 6.45) is 3.01. The maximum Gasteiger partial charge on any atom is 0.335 e. The molecule has 0 unspecified atom stereocenters. The number of halogens is 1. The van der Waals surface area contributed by atoms with Gasteiger partial charge in [-0.2, -0.15) is 0 Å². The maximum atomic E-state index is 12.5. The van der Waals surface area contributed by atoms with Gasteiger partial charge in [-0.1, -0.05) is 47.7 Å². The van der Waals surface area contributed by atoms with Crippen molar-refractivity contribution < 1.29 is 14.7 Å². The lowest BCUT2D eigenvalue weighted by atomic mass is 10.1. The molecule has 0 bridgehead atoms. The van der Waals surface area contributed by atoms with Gasteiger partial charge in [-0.3, -0.25) is 4.79 Å². The zero-order chi connectivity index (χ0) is 20.3. The predicted octanol–water partition coefficient (Wildman–Crippen LogP) is 5.44. The van der Waals surface area contributed by atoms with Crippen LogP contribution in [0.4, 0.5) is 16.5 Å². The number of hydrogen-bond donors (Lipinski definition) is 3. The van der Waals surface area contributed by atoms with Crippen LogP contribution in [0.3, 0.4) is 0 Å². The second-order valence-electron chi connectivity index (χ2n) is 5.89. The summed E-state index contributed by atoms with van der Waals surface area (Å²) >= 11 is 7.29. The highest BCUT2D eigenvalue weighted by Gasteiger charge is 2.14. The molecule has 0 atom stereocenters. The van der Waals surface area contributed by atoms with E-state index in [1.165, 1.54) is 18.3 Å². The van der Waals surface area contributed by atoms with E-state index < -0.39 is 5.97 Å². The molecule has 0 saturated heterocycles. The van der Waals surface area contributed by atoms with E-state index in [-0.39, 0.29) is 11.5 Å². The minimum absolute atomic E-state index is 0.128. The van der Waals surface area contributed by atoms with E-state index in [1.54, 1.807) is 18.2 Å². The van der Waals surface area contributed by atoms with E-state index in [0.29, 0.717) is 32.0 Å². The second-order valence-corrected chi connectivity index (χ2v) is 7.33. The lowest BCUT2D eigenvalue weighted by molar-refractivity contribution is 0.0696. The molecular weight excluding hydrogens is 398 g/mol. The van der Waals surface area contributed by atoms with Gasteiger partial charge in [0.15, 0.2) is 5.13 Å². The van der Waals surface area contributed by atoms with E-state index in [4.69, 9.17) is 11.6 Å². The summed E-state index contributed by atoms with van der Waals surface area (Å²) in [5.74, 6) is -1.37. The number of rotatable bonds is 6. The van der Waals surface area contributed by atoms with Gasteiger partial charge in [0.05, 0.1) is 22.5 Å². The van der Waals surface area contributed by atoms with Crippen LogP contribution in [0.15, 0.2) is 49.2 Å². The summed E-state index contributed by atoms with van der Waals surface area (Å²) in [7, 11) is 0. The lowest BCUT2D eigenvalue weighted by Crippen LogP contribution is -2.11. The first kappa shape index (κ1) is 19.6. The molecule has 0 aliphatic carbocycles. The van der Waals surface area contributed by atoms with Gasteiger partial charge in [-0.05, 0) is 42.3 Å². The summed E-state index contributed by atoms with van der Waals surface area (Å²) < 4.78 is 0. The largest absolute Gasteiger partial charge is 0.478 e. The van der Waals surface area contributed by atoms with Crippen molar-refractivity contribution in [2.45, 2.75) is 6.92 Å². The molecule has 0 aliphatic rings. The molecule has 0 saturated carbocycles. The number of benzene rings is 2. The molecule has 1 amide bonds. The van der Waals surface area contributed by atoms with Crippen molar-refractivity contribution >= 4 is 57.4 Å². The third-order valence-electron chi connectivity index (χ3n) is 3.88. The zero-order valence-electron chi connectivity index (χ0n) is 14.8. The Labute approximate surface area is 170 Å². The average Bonchev–Trinajstić information content (AvgIpc) is 3.13. The number of thiazole rings is 1. The highest BCUT2D eigenvalue weighted by molar-refractivity contribution is 7.17. The fourth-order valence-electron chi connectivity index (χ4n) is 2.49. The first-order valence-electron chi connectivity index (χ1n) is 8.17. The number of nitrogens with zero attached hydrogens (tertiary/aromatic N) is 1. The molecule has 3 aromatic rings. The van der Waals surface area contributed by atoms with Crippen LogP contribution in [0.5, 0.6) is 0 Å². The summed E-state index contributed by atoms with van der Waals surface area (Å²) in [6, 6.07) is 10.1. The molecule has 1 heterocycles. The quantitative estimate of drug-likeness (QED) is 0.500. The van der Waals surface area contributed by atoms with Gasteiger partial charge in [0, 0.05) is 5.69 Å². The monoisotopic (exact) mass is 413 g/mol. The van der Waals surface area contributed by atoms with E-state index >= 15 is 0 Å². The average molecular weight is 414 g/mol. The molecule has 142 valence electrons. The minimum atomic E-state index is -1.04. The van der Waals surface area contributed by atoms with Gasteiger partial charge < -0.3 is 15.7 Å². The highest BCUT2D eigenvalue weighted by Crippen LogP contribution is 2.28. The number of carboxylic acid groups (broad SMARTS) is 1. The molecular formula is C20H16ClN3O3S. The number of carbonyl (C=O) groups excluding carboxylic acids is 1. The number of carbonyl (C=O) groups is 2. The Hall–Kier alpha value is -3.16. The Kier molecular flexibility index (Phi) is 5.77. The van der Waals surface area contributed by atoms with Crippen LogP contribution in [-0.2, 0) is 0 Å². The van der Waals surface area contributed by atoms with E-state index in [1.807, 2.05) is 19.1 Å². The molecule has 0 aliphatic heterocycles. The molecule has 0 radical (unpaired) electrons. The van der Waals surface area contributed by atoms with Crippen molar-refractivity contribution in [3.05, 3.63) is 75.8 Å². The Bertz CT molecular complexity index is 1060. The standard InChI is InChI=1S/C20H16ClN3O3S/c1-3-12-7-13(19(26)27)9-14(8-12)23-20-22-10-16(28-20)18(25)24-17-11(2)5-4-6-15(17)21/h3-10H,1H2,2H3,(H,22,23)(H,24,25)(H,26,27). The zero-order valence-corrected chi connectivity index (χ0v) is 16.4. The van der Waals surface area contributed by atoms with Crippen molar-refractivity contribution in [1.82, 2.24) is 4.98 Å². The number of anilines is 3. The smallest absolute Gasteiger partial charge is 0.335 e. The van der Waals surface area contributed by atoms with E-state index in [9.17, 15) is 14.7 Å². The Morgan fingerprint density at radius 1 is 1.29 bits per heavy atom. The molecule has 0 spiro atoms. The van der Waals surface area contributed by atoms with Crippen LogP contribution >= 0.6 is 22.9 Å². The van der Waals surface area contributed by atoms with Crippen molar-refractivity contribution in [2.24, 2.45) is 0 Å². The number of nitrogens with one attached hydrogen (secondary N) is 2. The molecule has 3 N–H and O–H groups in total. The van der Waals surface area contributed by atoms with Crippen LogP contribution < -0.4 is 10.6 Å². The summed E-state index contributed by atoms with van der Waals surface area (Å²) in [5.41, 5.74) is 2.74. The van der Waals surface area contributed by atoms with Gasteiger partial charge in [-0.25, -0.2) is 9.78 Å². The normalized spacial score (nSPS) is 10.4. The first-order valence-corrected chi connectivity index (χ1v) is 9.37. The predicted molar refractivity (Wildman–Crippen MR) is 113 cm³/mol. The third-order valence-corrected chi connectivity index (χ3v) is 5.11.